The van der Waals surface area contributed by atoms with Crippen molar-refractivity contribution in [1.82, 2.24) is 9.97 Å². The number of hydrogen-bond acceptors (Lipinski definition) is 6. The topological polar surface area (TPSA) is 61.3 Å². The second kappa shape index (κ2) is 5.93. The van der Waals surface area contributed by atoms with Gasteiger partial charge < -0.3 is 15.3 Å². The molecule has 1 unspecified atom stereocenters. The molecule has 6 heteroatoms. The maximum absolute atomic E-state index is 9.29. The average Bonchev–Trinajstić information content (AvgIpc) is 2.95. The average molecular weight is 292 g/mol. The fourth-order valence-electron chi connectivity index (χ4n) is 2.90. The van der Waals surface area contributed by atoms with Crippen LogP contribution in [0.1, 0.15) is 25.7 Å². The van der Waals surface area contributed by atoms with Gasteiger partial charge in [-0.15, -0.1) is 11.3 Å². The van der Waals surface area contributed by atoms with E-state index in [1.165, 1.54) is 12.8 Å². The molecule has 2 aromatic rings. The minimum atomic E-state index is 0.234. The fourth-order valence-corrected chi connectivity index (χ4v) is 3.66. The Morgan fingerprint density at radius 1 is 1.45 bits per heavy atom. The first-order valence-corrected chi connectivity index (χ1v) is 8.02. The molecule has 1 saturated heterocycles. The number of piperidine rings is 1. The van der Waals surface area contributed by atoms with Gasteiger partial charge in [-0.1, -0.05) is 0 Å². The smallest absolute Gasteiger partial charge is 0.225 e. The fraction of sp³-hybridized carbons (Fsp3) is 0.571. The molecule has 108 valence electrons. The van der Waals surface area contributed by atoms with Crippen molar-refractivity contribution in [2.24, 2.45) is 0 Å². The molecule has 0 radical (unpaired) electrons. The summed E-state index contributed by atoms with van der Waals surface area (Å²) in [4.78, 5) is 12.6. The van der Waals surface area contributed by atoms with E-state index in [1.807, 2.05) is 7.05 Å². The molecule has 0 amide bonds. The van der Waals surface area contributed by atoms with Crippen molar-refractivity contribution in [3.8, 4) is 0 Å². The van der Waals surface area contributed by atoms with Crippen molar-refractivity contribution in [1.29, 1.82) is 0 Å². The predicted octanol–water partition coefficient (Wildman–Crippen LogP) is 2.47. The number of nitrogens with zero attached hydrogens (tertiary/aromatic N) is 3. The van der Waals surface area contributed by atoms with E-state index < -0.39 is 0 Å². The van der Waals surface area contributed by atoms with Crippen LogP contribution in [0, 0.1) is 0 Å². The molecule has 2 aromatic heterocycles. The highest BCUT2D eigenvalue weighted by Crippen LogP contribution is 2.33. The zero-order valence-electron chi connectivity index (χ0n) is 11.7. The number of aliphatic hydroxyl groups excluding tert-OH is 1. The molecule has 1 aliphatic rings. The molecule has 0 spiro atoms. The van der Waals surface area contributed by atoms with Crippen molar-refractivity contribution in [3.63, 3.8) is 0 Å². The third kappa shape index (κ3) is 2.45. The van der Waals surface area contributed by atoms with E-state index >= 15 is 0 Å². The number of nitrogens with one attached hydrogen (secondary N) is 1. The summed E-state index contributed by atoms with van der Waals surface area (Å²) in [5.74, 6) is 1.68. The minimum absolute atomic E-state index is 0.234. The van der Waals surface area contributed by atoms with Gasteiger partial charge in [0.1, 0.15) is 10.6 Å². The van der Waals surface area contributed by atoms with Crippen LogP contribution in [0.5, 0.6) is 0 Å². The van der Waals surface area contributed by atoms with E-state index in [0.717, 1.165) is 35.4 Å². The third-order valence-electron chi connectivity index (χ3n) is 3.89. The monoisotopic (exact) mass is 292 g/mol. The largest absolute Gasteiger partial charge is 0.396 e. The van der Waals surface area contributed by atoms with Crippen LogP contribution in [0.2, 0.25) is 0 Å². The lowest BCUT2D eigenvalue weighted by atomic mass is 9.99. The highest BCUT2D eigenvalue weighted by atomic mass is 32.1. The molecular formula is C14H20N4OS. The van der Waals surface area contributed by atoms with Crippen LogP contribution < -0.4 is 10.2 Å². The number of aliphatic hydroxyl groups is 1. The maximum atomic E-state index is 9.29. The summed E-state index contributed by atoms with van der Waals surface area (Å²) in [5.41, 5.74) is 0. The molecule has 0 aromatic carbocycles. The first-order chi connectivity index (χ1) is 9.83. The Labute approximate surface area is 122 Å². The van der Waals surface area contributed by atoms with Gasteiger partial charge in [-0.05, 0) is 37.1 Å². The lowest BCUT2D eigenvalue weighted by Gasteiger charge is -2.36. The number of fused-ring (bicyclic) bond motifs is 1. The lowest BCUT2D eigenvalue weighted by Crippen LogP contribution is -2.40. The molecule has 1 atom stereocenters. The summed E-state index contributed by atoms with van der Waals surface area (Å²) < 4.78 is 0. The third-order valence-corrected chi connectivity index (χ3v) is 4.70. The number of rotatable bonds is 4. The van der Waals surface area contributed by atoms with E-state index in [1.54, 1.807) is 11.3 Å². The maximum Gasteiger partial charge on any atom is 0.225 e. The van der Waals surface area contributed by atoms with Crippen LogP contribution in [-0.2, 0) is 0 Å². The minimum Gasteiger partial charge on any atom is -0.396 e. The number of hydrogen-bond donors (Lipinski definition) is 2. The van der Waals surface area contributed by atoms with Crippen LogP contribution in [0.15, 0.2) is 11.4 Å². The summed E-state index contributed by atoms with van der Waals surface area (Å²) in [5, 5.41) is 15.5. The van der Waals surface area contributed by atoms with Gasteiger partial charge in [0, 0.05) is 26.2 Å². The quantitative estimate of drug-likeness (QED) is 0.906. The molecule has 0 bridgehead atoms. The van der Waals surface area contributed by atoms with Gasteiger partial charge in [-0.2, -0.15) is 4.98 Å². The molecular weight excluding hydrogens is 272 g/mol. The van der Waals surface area contributed by atoms with Gasteiger partial charge in [0.15, 0.2) is 0 Å². The van der Waals surface area contributed by atoms with Crippen molar-refractivity contribution in [2.75, 3.05) is 30.4 Å². The molecule has 5 nitrogen and oxygen atoms in total. The van der Waals surface area contributed by atoms with Crippen LogP contribution in [0.3, 0.4) is 0 Å². The van der Waals surface area contributed by atoms with Crippen molar-refractivity contribution in [3.05, 3.63) is 11.4 Å². The van der Waals surface area contributed by atoms with Gasteiger partial charge >= 0.3 is 0 Å². The summed E-state index contributed by atoms with van der Waals surface area (Å²) >= 11 is 1.64. The van der Waals surface area contributed by atoms with Crippen LogP contribution in [-0.4, -0.2) is 41.3 Å². The Kier molecular flexibility index (Phi) is 4.03. The van der Waals surface area contributed by atoms with Crippen LogP contribution in [0.4, 0.5) is 11.8 Å². The predicted molar refractivity (Wildman–Crippen MR) is 83.6 cm³/mol. The lowest BCUT2D eigenvalue weighted by molar-refractivity contribution is 0.262. The van der Waals surface area contributed by atoms with Crippen LogP contribution >= 0.6 is 11.3 Å². The SMILES string of the molecule is CNc1nc(N2CCCCC2CCO)c2ccsc2n1. The zero-order chi connectivity index (χ0) is 13.9. The Bertz CT molecular complexity index is 584. The normalized spacial score (nSPS) is 19.5. The van der Waals surface area contributed by atoms with Crippen LogP contribution in [0.25, 0.3) is 10.2 Å². The molecule has 1 aliphatic heterocycles. The van der Waals surface area contributed by atoms with Crippen molar-refractivity contribution >= 4 is 33.3 Å². The summed E-state index contributed by atoms with van der Waals surface area (Å²) in [6.45, 7) is 1.24. The molecule has 0 aliphatic carbocycles. The highest BCUT2D eigenvalue weighted by molar-refractivity contribution is 7.16. The molecule has 1 fully saturated rings. The zero-order valence-corrected chi connectivity index (χ0v) is 12.5. The van der Waals surface area contributed by atoms with Gasteiger partial charge in [0.05, 0.1) is 5.39 Å². The molecule has 3 rings (SSSR count). The number of aromatic nitrogens is 2. The van der Waals surface area contributed by atoms with E-state index in [2.05, 4.69) is 31.6 Å². The van der Waals surface area contributed by atoms with E-state index in [9.17, 15) is 5.11 Å². The summed E-state index contributed by atoms with van der Waals surface area (Å²) in [7, 11) is 1.85. The molecule has 0 saturated carbocycles. The standard InChI is InChI=1S/C14H20N4OS/c1-15-14-16-12(11-6-9-20-13(11)17-14)18-7-3-2-4-10(18)5-8-19/h6,9-10,19H,2-5,7-8H2,1H3,(H,15,16,17). The molecule has 3 heterocycles. The van der Waals surface area contributed by atoms with E-state index in [-0.39, 0.29) is 6.61 Å². The Morgan fingerprint density at radius 3 is 3.15 bits per heavy atom. The first kappa shape index (κ1) is 13.6. The van der Waals surface area contributed by atoms with Crippen molar-refractivity contribution < 1.29 is 5.11 Å². The van der Waals surface area contributed by atoms with Gasteiger partial charge in [-0.3, -0.25) is 0 Å². The summed E-state index contributed by atoms with van der Waals surface area (Å²) in [6, 6.07) is 2.48. The summed E-state index contributed by atoms with van der Waals surface area (Å²) in [6.07, 6.45) is 4.36. The number of anilines is 2. The molecule has 2 N–H and O–H groups in total. The Morgan fingerprint density at radius 2 is 2.35 bits per heavy atom. The van der Waals surface area contributed by atoms with Crippen molar-refractivity contribution in [2.45, 2.75) is 31.7 Å². The van der Waals surface area contributed by atoms with Gasteiger partial charge in [-0.25, -0.2) is 4.98 Å². The highest BCUT2D eigenvalue weighted by Gasteiger charge is 2.25. The second-order valence-electron chi connectivity index (χ2n) is 5.12. The Balaban J connectivity index is 2.04. The Hall–Kier alpha value is -1.40. The van der Waals surface area contributed by atoms with Gasteiger partial charge in [0.2, 0.25) is 5.95 Å². The van der Waals surface area contributed by atoms with Gasteiger partial charge in [0.25, 0.3) is 0 Å². The van der Waals surface area contributed by atoms with E-state index in [4.69, 9.17) is 0 Å². The van der Waals surface area contributed by atoms with E-state index in [0.29, 0.717) is 12.0 Å². The first-order valence-electron chi connectivity index (χ1n) is 7.14. The molecule has 20 heavy (non-hydrogen) atoms. The second-order valence-corrected chi connectivity index (χ2v) is 6.01. The number of thiophene rings is 1.